The van der Waals surface area contributed by atoms with E-state index in [4.69, 9.17) is 21.7 Å². The zero-order valence-electron chi connectivity index (χ0n) is 9.89. The molecule has 0 aliphatic heterocycles. The predicted octanol–water partition coefficient (Wildman–Crippen LogP) is -1.41. The molecule has 1 unspecified atom stereocenters. The van der Waals surface area contributed by atoms with Crippen molar-refractivity contribution in [3.8, 4) is 0 Å². The van der Waals surface area contributed by atoms with Crippen LogP contribution in [0.15, 0.2) is 0 Å². The molecule has 0 bridgehead atoms. The molecule has 19 heavy (non-hydrogen) atoms. The molecule has 112 valence electrons. The van der Waals surface area contributed by atoms with Crippen molar-refractivity contribution < 1.29 is 24.6 Å². The Morgan fingerprint density at radius 1 is 1.00 bits per heavy atom. The number of carbonyl (C=O) groups is 3. The average molecular weight is 331 g/mol. The van der Waals surface area contributed by atoms with Crippen LogP contribution in [-0.4, -0.2) is 57.4 Å². The lowest BCUT2D eigenvalue weighted by atomic mass is 10.4. The molecule has 0 aromatic heterocycles. The van der Waals surface area contributed by atoms with Gasteiger partial charge in [0.25, 0.3) is 0 Å². The van der Waals surface area contributed by atoms with Crippen molar-refractivity contribution in [3.05, 3.63) is 0 Å². The van der Waals surface area contributed by atoms with E-state index in [0.717, 1.165) is 0 Å². The molecular formula is C8H17N3O5S3. The maximum atomic E-state index is 10.3. The molecule has 11 heteroatoms. The lowest BCUT2D eigenvalue weighted by molar-refractivity contribution is -0.138. The Morgan fingerprint density at radius 3 is 1.42 bits per heavy atom. The molecule has 0 rings (SSSR count). The molecule has 0 spiro atoms. The van der Waals surface area contributed by atoms with Gasteiger partial charge in [-0.15, -0.1) is 0 Å². The first-order valence-corrected chi connectivity index (χ1v) is 7.94. The van der Waals surface area contributed by atoms with Gasteiger partial charge in [-0.1, -0.05) is 21.6 Å². The van der Waals surface area contributed by atoms with Crippen LogP contribution in [0.3, 0.4) is 0 Å². The van der Waals surface area contributed by atoms with Crippen LogP contribution in [0.1, 0.15) is 0 Å². The summed E-state index contributed by atoms with van der Waals surface area (Å²) in [4.78, 5) is 30.1. The fraction of sp³-hybridized carbons (Fsp3) is 0.625. The van der Waals surface area contributed by atoms with Crippen molar-refractivity contribution in [2.24, 2.45) is 17.2 Å². The standard InChI is InChI=1S/C6H12N2O4S2.C2H5NOS/c7-3(5(9)10)1-13-14-2-4(8)6(11)12;3-2(4)1-5/h3-4H,1-2,7-8H2,(H,9,10)(H,11,12);5H,1H2,(H2,3,4)/t3-,4?;/m0./s1. The van der Waals surface area contributed by atoms with Gasteiger partial charge in [0.05, 0.1) is 5.75 Å². The predicted molar refractivity (Wildman–Crippen MR) is 79.2 cm³/mol. The van der Waals surface area contributed by atoms with E-state index < -0.39 is 24.0 Å². The van der Waals surface area contributed by atoms with Crippen molar-refractivity contribution in [3.63, 3.8) is 0 Å². The Balaban J connectivity index is 0. The van der Waals surface area contributed by atoms with Crippen LogP contribution in [0.25, 0.3) is 0 Å². The minimum absolute atomic E-state index is 0.139. The van der Waals surface area contributed by atoms with Crippen molar-refractivity contribution in [1.29, 1.82) is 0 Å². The normalized spacial score (nSPS) is 12.8. The van der Waals surface area contributed by atoms with Gasteiger partial charge in [0.15, 0.2) is 0 Å². The first-order chi connectivity index (χ1) is 8.72. The fourth-order valence-electron chi connectivity index (χ4n) is 0.385. The number of nitrogens with two attached hydrogens (primary N) is 3. The molecule has 0 radical (unpaired) electrons. The third-order valence-electron chi connectivity index (χ3n) is 1.37. The first-order valence-electron chi connectivity index (χ1n) is 4.82. The highest BCUT2D eigenvalue weighted by Gasteiger charge is 2.14. The molecule has 0 heterocycles. The van der Waals surface area contributed by atoms with Crippen LogP contribution >= 0.6 is 34.2 Å². The van der Waals surface area contributed by atoms with E-state index in [9.17, 15) is 14.4 Å². The third kappa shape index (κ3) is 15.3. The summed E-state index contributed by atoms with van der Waals surface area (Å²) in [5.74, 6) is -1.92. The Hall–Kier alpha value is -0.620. The third-order valence-corrected chi connectivity index (χ3v) is 4.15. The van der Waals surface area contributed by atoms with Crippen molar-refractivity contribution in [2.75, 3.05) is 17.3 Å². The smallest absolute Gasteiger partial charge is 0.321 e. The highest BCUT2D eigenvalue weighted by Crippen LogP contribution is 2.22. The number of hydrogen-bond acceptors (Lipinski definition) is 8. The summed E-state index contributed by atoms with van der Waals surface area (Å²) < 4.78 is 0. The van der Waals surface area contributed by atoms with Gasteiger partial charge in [0.2, 0.25) is 5.91 Å². The van der Waals surface area contributed by atoms with E-state index in [1.807, 2.05) is 0 Å². The van der Waals surface area contributed by atoms with E-state index >= 15 is 0 Å². The number of carboxylic acid groups (broad SMARTS) is 2. The maximum absolute atomic E-state index is 10.3. The number of hydrogen-bond donors (Lipinski definition) is 6. The summed E-state index contributed by atoms with van der Waals surface area (Å²) in [6.45, 7) is 0. The van der Waals surface area contributed by atoms with Crippen LogP contribution in [0.2, 0.25) is 0 Å². The van der Waals surface area contributed by atoms with E-state index in [1.54, 1.807) is 0 Å². The number of carboxylic acids is 2. The highest BCUT2D eigenvalue weighted by atomic mass is 33.1. The second kappa shape index (κ2) is 12.4. The zero-order chi connectivity index (χ0) is 15.4. The molecule has 0 fully saturated rings. The highest BCUT2D eigenvalue weighted by molar-refractivity contribution is 8.76. The molecule has 0 aromatic rings. The molecule has 2 atom stereocenters. The van der Waals surface area contributed by atoms with Gasteiger partial charge in [-0.2, -0.15) is 12.6 Å². The minimum atomic E-state index is -1.07. The van der Waals surface area contributed by atoms with Crippen LogP contribution in [0.5, 0.6) is 0 Å². The van der Waals surface area contributed by atoms with Crippen molar-refractivity contribution in [2.45, 2.75) is 12.1 Å². The van der Waals surface area contributed by atoms with E-state index in [1.165, 1.54) is 21.6 Å². The van der Waals surface area contributed by atoms with Gasteiger partial charge in [-0.3, -0.25) is 14.4 Å². The van der Waals surface area contributed by atoms with Crippen molar-refractivity contribution in [1.82, 2.24) is 0 Å². The average Bonchev–Trinajstić information content (AvgIpc) is 2.34. The van der Waals surface area contributed by atoms with Gasteiger partial charge in [-0.05, 0) is 0 Å². The second-order valence-electron chi connectivity index (χ2n) is 3.08. The van der Waals surface area contributed by atoms with E-state index in [2.05, 4.69) is 18.4 Å². The summed E-state index contributed by atoms with van der Waals surface area (Å²) in [5.41, 5.74) is 15.0. The Morgan fingerprint density at radius 2 is 1.26 bits per heavy atom. The van der Waals surface area contributed by atoms with Gasteiger partial charge >= 0.3 is 11.9 Å². The van der Waals surface area contributed by atoms with Gasteiger partial charge in [-0.25, -0.2) is 0 Å². The summed E-state index contributed by atoms with van der Waals surface area (Å²) in [6.07, 6.45) is 0. The van der Waals surface area contributed by atoms with Gasteiger partial charge in [0.1, 0.15) is 12.1 Å². The molecule has 1 amide bonds. The number of amides is 1. The van der Waals surface area contributed by atoms with Crippen molar-refractivity contribution >= 4 is 52.1 Å². The fourth-order valence-corrected chi connectivity index (χ4v) is 2.61. The summed E-state index contributed by atoms with van der Waals surface area (Å²) in [7, 11) is 2.41. The largest absolute Gasteiger partial charge is 0.480 e. The van der Waals surface area contributed by atoms with Gasteiger partial charge in [0, 0.05) is 11.5 Å². The molecule has 0 saturated carbocycles. The second-order valence-corrected chi connectivity index (χ2v) is 5.95. The quantitative estimate of drug-likeness (QED) is 0.178. The molecule has 0 aromatic carbocycles. The Kier molecular flexibility index (Phi) is 13.5. The number of rotatable bonds is 8. The minimum Gasteiger partial charge on any atom is -0.480 e. The number of primary amides is 1. The summed E-state index contributed by atoms with van der Waals surface area (Å²) in [6, 6.07) is -1.85. The number of carbonyl (C=O) groups excluding carboxylic acids is 1. The topological polar surface area (TPSA) is 170 Å². The maximum Gasteiger partial charge on any atom is 0.321 e. The lowest BCUT2D eigenvalue weighted by Gasteiger charge is -2.07. The van der Waals surface area contributed by atoms with Crippen LogP contribution in [0.4, 0.5) is 0 Å². The van der Waals surface area contributed by atoms with Crippen LogP contribution in [0, 0.1) is 0 Å². The SMILES string of the molecule is NC(=O)CS.NC(CSSC[C@H](N)C(=O)O)C(=O)O. The van der Waals surface area contributed by atoms with Crippen LogP contribution in [-0.2, 0) is 14.4 Å². The summed E-state index contributed by atoms with van der Waals surface area (Å²) in [5, 5.41) is 16.8. The Labute approximate surface area is 123 Å². The molecule has 8 nitrogen and oxygen atoms in total. The molecule has 0 saturated heterocycles. The molecule has 8 N–H and O–H groups in total. The Bertz CT molecular complexity index is 283. The monoisotopic (exact) mass is 331 g/mol. The zero-order valence-corrected chi connectivity index (χ0v) is 12.4. The van der Waals surface area contributed by atoms with E-state index in [0.29, 0.717) is 0 Å². The van der Waals surface area contributed by atoms with Gasteiger partial charge < -0.3 is 27.4 Å². The molecule has 0 aliphatic carbocycles. The number of thiol groups is 1. The molecule has 0 aliphatic rings. The first kappa shape index (κ1) is 20.7. The summed E-state index contributed by atoms with van der Waals surface area (Å²) >= 11 is 3.54. The molecular weight excluding hydrogens is 314 g/mol. The van der Waals surface area contributed by atoms with Crippen LogP contribution < -0.4 is 17.2 Å². The van der Waals surface area contributed by atoms with E-state index in [-0.39, 0.29) is 23.2 Å². The lowest BCUT2D eigenvalue weighted by Crippen LogP contribution is -2.33. The number of aliphatic carboxylic acids is 2.